The van der Waals surface area contributed by atoms with E-state index in [-0.39, 0.29) is 18.2 Å². The minimum Gasteiger partial charge on any atom is -0.361 e. The Morgan fingerprint density at radius 3 is 2.71 bits per heavy atom. The lowest BCUT2D eigenvalue weighted by Gasteiger charge is -2.07. The van der Waals surface area contributed by atoms with Gasteiger partial charge in [-0.15, -0.1) is 0 Å². The fourth-order valence-electron chi connectivity index (χ4n) is 3.07. The van der Waals surface area contributed by atoms with E-state index in [1.54, 1.807) is 24.4 Å². The van der Waals surface area contributed by atoms with E-state index < -0.39 is 6.03 Å². The molecule has 0 aliphatic carbocycles. The number of carbonyl (C=O) groups excluding carboxylic acids is 3. The second-order valence-electron chi connectivity index (χ2n) is 6.44. The van der Waals surface area contributed by atoms with Crippen molar-refractivity contribution in [3.8, 4) is 0 Å². The lowest BCUT2D eigenvalue weighted by molar-refractivity contribution is -0.121. The van der Waals surface area contributed by atoms with Crippen LogP contribution in [0.4, 0.5) is 16.2 Å². The third-order valence-electron chi connectivity index (χ3n) is 4.41. The Balaban J connectivity index is 1.87. The molecule has 8 N–H and O–H groups in total. The van der Waals surface area contributed by atoms with Gasteiger partial charge in [-0.3, -0.25) is 9.59 Å². The van der Waals surface area contributed by atoms with Crippen LogP contribution in [0.25, 0.3) is 11.1 Å². The monoisotopic (exact) mass is 382 g/mol. The number of aromatic amines is 1. The van der Waals surface area contributed by atoms with Crippen LogP contribution >= 0.6 is 0 Å². The number of primary amides is 1. The quantitative estimate of drug-likeness (QED) is 0.417. The number of carbonyl (C=O) groups is 3. The van der Waals surface area contributed by atoms with Gasteiger partial charge in [-0.25, -0.2) is 4.79 Å². The van der Waals surface area contributed by atoms with Gasteiger partial charge in [0.15, 0.2) is 0 Å². The van der Waals surface area contributed by atoms with Crippen molar-refractivity contribution in [2.75, 3.05) is 17.2 Å². The van der Waals surface area contributed by atoms with E-state index in [2.05, 4.69) is 20.9 Å². The number of H-pyrrole nitrogens is 1. The van der Waals surface area contributed by atoms with Crippen molar-refractivity contribution in [2.24, 2.45) is 11.5 Å². The molecule has 1 aliphatic rings. The molecule has 0 fully saturated rings. The average molecular weight is 382 g/mol. The molecule has 4 amide bonds. The molecule has 0 saturated carbocycles. The van der Waals surface area contributed by atoms with E-state index in [0.29, 0.717) is 35.6 Å². The number of amides is 4. The van der Waals surface area contributed by atoms with Crippen LogP contribution in [0.5, 0.6) is 0 Å². The van der Waals surface area contributed by atoms with Crippen LogP contribution in [0.2, 0.25) is 0 Å². The van der Waals surface area contributed by atoms with Gasteiger partial charge < -0.3 is 32.4 Å². The summed E-state index contributed by atoms with van der Waals surface area (Å²) < 4.78 is 0. The Labute approximate surface area is 161 Å². The Bertz CT molecular complexity index is 976. The van der Waals surface area contributed by atoms with E-state index in [9.17, 15) is 14.4 Å². The first kappa shape index (κ1) is 19.2. The molecular formula is C19H22N6O3. The van der Waals surface area contributed by atoms with Crippen LogP contribution in [-0.2, 0) is 16.1 Å². The summed E-state index contributed by atoms with van der Waals surface area (Å²) in [6, 6.07) is 6.28. The normalized spacial score (nSPS) is 14.3. The highest BCUT2D eigenvalue weighted by Gasteiger charge is 2.27. The van der Waals surface area contributed by atoms with E-state index in [1.807, 2.05) is 13.0 Å². The summed E-state index contributed by atoms with van der Waals surface area (Å²) in [6.45, 7) is 2.50. The number of allylic oxidation sites excluding steroid dienone is 1. The molecule has 0 radical (unpaired) electrons. The zero-order chi connectivity index (χ0) is 20.3. The van der Waals surface area contributed by atoms with Crippen LogP contribution in [0.15, 0.2) is 30.5 Å². The van der Waals surface area contributed by atoms with Gasteiger partial charge in [-0.2, -0.15) is 0 Å². The highest BCUT2D eigenvalue weighted by molar-refractivity contribution is 6.36. The van der Waals surface area contributed by atoms with Crippen molar-refractivity contribution >= 4 is 40.4 Å². The fourth-order valence-corrected chi connectivity index (χ4v) is 3.07. The minimum absolute atomic E-state index is 0.112. The zero-order valence-corrected chi connectivity index (χ0v) is 15.4. The number of rotatable bonds is 6. The molecule has 0 atom stereocenters. The Morgan fingerprint density at radius 2 is 2.00 bits per heavy atom. The maximum Gasteiger partial charge on any atom is 0.316 e. The molecule has 1 aromatic carbocycles. The number of aromatic nitrogens is 1. The molecule has 2 heterocycles. The molecule has 1 aromatic heterocycles. The van der Waals surface area contributed by atoms with Gasteiger partial charge in [-0.05, 0) is 42.3 Å². The van der Waals surface area contributed by atoms with Crippen molar-refractivity contribution in [2.45, 2.75) is 19.9 Å². The third-order valence-corrected chi connectivity index (χ3v) is 4.41. The van der Waals surface area contributed by atoms with Crippen LogP contribution in [0.1, 0.15) is 30.2 Å². The number of fused-ring (bicyclic) bond motifs is 1. The number of benzene rings is 1. The van der Waals surface area contributed by atoms with Gasteiger partial charge in [0.25, 0.3) is 5.91 Å². The van der Waals surface area contributed by atoms with Crippen molar-refractivity contribution < 1.29 is 14.4 Å². The number of nitrogens with one attached hydrogen (secondary N) is 4. The van der Waals surface area contributed by atoms with Gasteiger partial charge in [0.1, 0.15) is 0 Å². The second kappa shape index (κ2) is 7.97. The van der Waals surface area contributed by atoms with Crippen LogP contribution in [0.3, 0.4) is 0 Å². The molecule has 3 rings (SSSR count). The van der Waals surface area contributed by atoms with E-state index in [4.69, 9.17) is 11.5 Å². The van der Waals surface area contributed by atoms with Gasteiger partial charge in [0, 0.05) is 48.3 Å². The van der Waals surface area contributed by atoms with Gasteiger partial charge in [0.05, 0.1) is 5.57 Å². The maximum absolute atomic E-state index is 12.5. The SMILES string of the molecule is CC(=C1C(=O)Nc2ccc(NC(N)=O)cc21)c1cc(CNC(=O)CCN)c[nH]1. The molecule has 0 spiro atoms. The molecule has 1 aliphatic heterocycles. The van der Waals surface area contributed by atoms with Crippen molar-refractivity contribution in [1.82, 2.24) is 10.3 Å². The number of urea groups is 1. The summed E-state index contributed by atoms with van der Waals surface area (Å²) in [6.07, 6.45) is 2.06. The van der Waals surface area contributed by atoms with Crippen molar-refractivity contribution in [3.63, 3.8) is 0 Å². The number of hydrogen-bond donors (Lipinski definition) is 6. The predicted molar refractivity (Wildman–Crippen MR) is 107 cm³/mol. The largest absolute Gasteiger partial charge is 0.361 e. The summed E-state index contributed by atoms with van der Waals surface area (Å²) in [7, 11) is 0. The smallest absolute Gasteiger partial charge is 0.316 e. The summed E-state index contributed by atoms with van der Waals surface area (Å²) in [5.74, 6) is -0.338. The van der Waals surface area contributed by atoms with Crippen LogP contribution < -0.4 is 27.4 Å². The number of nitrogens with two attached hydrogens (primary N) is 2. The topological polar surface area (TPSA) is 155 Å². The van der Waals surface area contributed by atoms with Crippen molar-refractivity contribution in [3.05, 3.63) is 47.3 Å². The predicted octanol–water partition coefficient (Wildman–Crippen LogP) is 1.35. The van der Waals surface area contributed by atoms with Gasteiger partial charge in [-0.1, -0.05) is 0 Å². The third kappa shape index (κ3) is 4.04. The van der Waals surface area contributed by atoms with Crippen molar-refractivity contribution in [1.29, 1.82) is 0 Å². The molecule has 28 heavy (non-hydrogen) atoms. The van der Waals surface area contributed by atoms with Gasteiger partial charge >= 0.3 is 6.03 Å². The molecule has 0 saturated heterocycles. The molecular weight excluding hydrogens is 360 g/mol. The molecule has 146 valence electrons. The molecule has 9 nitrogen and oxygen atoms in total. The average Bonchev–Trinajstić information content (AvgIpc) is 3.23. The summed E-state index contributed by atoms with van der Waals surface area (Å²) >= 11 is 0. The highest BCUT2D eigenvalue weighted by Crippen LogP contribution is 2.38. The van der Waals surface area contributed by atoms with Gasteiger partial charge in [0.2, 0.25) is 5.91 Å². The lowest BCUT2D eigenvalue weighted by atomic mass is 9.99. The summed E-state index contributed by atoms with van der Waals surface area (Å²) in [5, 5.41) is 8.11. The zero-order valence-electron chi connectivity index (χ0n) is 15.4. The number of anilines is 2. The molecule has 9 heteroatoms. The first-order chi connectivity index (χ1) is 13.4. The van der Waals surface area contributed by atoms with Crippen LogP contribution in [0, 0.1) is 0 Å². The summed E-state index contributed by atoms with van der Waals surface area (Å²) in [5.41, 5.74) is 15.3. The molecule has 0 unspecified atom stereocenters. The molecule has 0 bridgehead atoms. The second-order valence-corrected chi connectivity index (χ2v) is 6.44. The first-order valence-electron chi connectivity index (χ1n) is 8.76. The molecule has 2 aromatic rings. The minimum atomic E-state index is -0.676. The first-order valence-corrected chi connectivity index (χ1v) is 8.76. The van der Waals surface area contributed by atoms with E-state index in [0.717, 1.165) is 16.8 Å². The highest BCUT2D eigenvalue weighted by atomic mass is 16.2. The number of hydrogen-bond acceptors (Lipinski definition) is 4. The standard InChI is InChI=1S/C19H22N6O3/c1-10(15-6-11(8-22-15)9-23-16(26)4-5-20)17-13-7-12(24-19(21)28)2-3-14(13)25-18(17)27/h2-3,6-8,22H,4-5,9,20H2,1H3,(H,23,26)(H,25,27)(H3,21,24,28). The lowest BCUT2D eigenvalue weighted by Crippen LogP contribution is -2.24. The fraction of sp³-hybridized carbons (Fsp3) is 0.211. The summed E-state index contributed by atoms with van der Waals surface area (Å²) in [4.78, 5) is 38.3. The van der Waals surface area contributed by atoms with Crippen LogP contribution in [-0.4, -0.2) is 29.4 Å². The Hall–Kier alpha value is -3.59. The maximum atomic E-state index is 12.5. The van der Waals surface area contributed by atoms with E-state index in [1.165, 1.54) is 0 Å². The van der Waals surface area contributed by atoms with E-state index >= 15 is 0 Å². The Morgan fingerprint density at radius 1 is 1.21 bits per heavy atom. The Kier molecular flexibility index (Phi) is 5.46.